The summed E-state index contributed by atoms with van der Waals surface area (Å²) in [7, 11) is -3.54. The van der Waals surface area contributed by atoms with Crippen LogP contribution in [0.5, 0.6) is 0 Å². The van der Waals surface area contributed by atoms with Crippen LogP contribution in [0, 0.1) is 6.92 Å². The number of benzene rings is 1. The van der Waals surface area contributed by atoms with Crippen LogP contribution in [-0.4, -0.2) is 8.42 Å². The van der Waals surface area contributed by atoms with Crippen molar-refractivity contribution in [1.82, 2.24) is 4.72 Å². The van der Waals surface area contributed by atoms with Gasteiger partial charge < -0.3 is 4.42 Å². The number of unbranched alkanes of at least 4 members (excludes halogenated alkanes) is 1. The van der Waals surface area contributed by atoms with Crippen LogP contribution >= 0.6 is 0 Å². The predicted molar refractivity (Wildman–Crippen MR) is 82.5 cm³/mol. The number of sulfonamides is 1. The third-order valence-electron chi connectivity index (χ3n) is 3.36. The van der Waals surface area contributed by atoms with Crippen molar-refractivity contribution in [2.24, 2.45) is 0 Å². The van der Waals surface area contributed by atoms with Gasteiger partial charge in [-0.25, -0.2) is 13.1 Å². The molecule has 4 nitrogen and oxygen atoms in total. The standard InChI is InChI=1S/C16H21NO3S/c1-3-4-6-15(16-7-5-12-20-16)17-21(18,19)14-10-8-13(2)9-11-14/h5,7-12,15,17H,3-4,6H2,1-2H3/t15-/m1/s1. The second-order valence-electron chi connectivity index (χ2n) is 5.14. The summed E-state index contributed by atoms with van der Waals surface area (Å²) in [6.45, 7) is 4.00. The molecule has 0 radical (unpaired) electrons. The van der Waals surface area contributed by atoms with Crippen LogP contribution in [0.15, 0.2) is 52.0 Å². The summed E-state index contributed by atoms with van der Waals surface area (Å²) >= 11 is 0. The van der Waals surface area contributed by atoms with Crippen molar-refractivity contribution in [3.63, 3.8) is 0 Å². The molecule has 1 heterocycles. The minimum atomic E-state index is -3.54. The lowest BCUT2D eigenvalue weighted by molar-refractivity contribution is 0.421. The highest BCUT2D eigenvalue weighted by Gasteiger charge is 2.22. The maximum Gasteiger partial charge on any atom is 0.241 e. The number of rotatable bonds is 7. The van der Waals surface area contributed by atoms with E-state index in [1.807, 2.05) is 6.92 Å². The van der Waals surface area contributed by atoms with Crippen molar-refractivity contribution < 1.29 is 12.8 Å². The molecule has 1 atom stereocenters. The van der Waals surface area contributed by atoms with Crippen molar-refractivity contribution in [3.05, 3.63) is 54.0 Å². The fourth-order valence-corrected chi connectivity index (χ4v) is 3.37. The fraction of sp³-hybridized carbons (Fsp3) is 0.375. The van der Waals surface area contributed by atoms with E-state index >= 15 is 0 Å². The number of furan rings is 1. The summed E-state index contributed by atoms with van der Waals surface area (Å²) in [5.41, 5.74) is 1.03. The van der Waals surface area contributed by atoms with E-state index in [-0.39, 0.29) is 10.9 Å². The lowest BCUT2D eigenvalue weighted by atomic mass is 10.1. The topological polar surface area (TPSA) is 59.3 Å². The van der Waals surface area contributed by atoms with Gasteiger partial charge in [0.2, 0.25) is 10.0 Å². The summed E-state index contributed by atoms with van der Waals surface area (Å²) in [5, 5.41) is 0. The molecule has 114 valence electrons. The second kappa shape index (κ2) is 6.91. The maximum absolute atomic E-state index is 12.5. The summed E-state index contributed by atoms with van der Waals surface area (Å²) in [5.74, 6) is 0.652. The Morgan fingerprint density at radius 3 is 2.48 bits per heavy atom. The van der Waals surface area contributed by atoms with Gasteiger partial charge in [0.25, 0.3) is 0 Å². The van der Waals surface area contributed by atoms with Gasteiger partial charge in [-0.15, -0.1) is 0 Å². The molecule has 5 heteroatoms. The van der Waals surface area contributed by atoms with Gasteiger partial charge in [-0.1, -0.05) is 37.5 Å². The van der Waals surface area contributed by atoms with E-state index in [2.05, 4.69) is 11.6 Å². The molecule has 1 aromatic heterocycles. The van der Waals surface area contributed by atoms with Gasteiger partial charge in [0.05, 0.1) is 17.2 Å². The zero-order chi connectivity index (χ0) is 15.3. The van der Waals surface area contributed by atoms with Crippen LogP contribution in [0.2, 0.25) is 0 Å². The number of aryl methyl sites for hydroxylation is 1. The second-order valence-corrected chi connectivity index (χ2v) is 6.86. The van der Waals surface area contributed by atoms with Crippen molar-refractivity contribution in [3.8, 4) is 0 Å². The van der Waals surface area contributed by atoms with Crippen molar-refractivity contribution in [2.45, 2.75) is 44.0 Å². The van der Waals surface area contributed by atoms with Gasteiger partial charge in [0.1, 0.15) is 5.76 Å². The van der Waals surface area contributed by atoms with Gasteiger partial charge in [0, 0.05) is 0 Å². The third-order valence-corrected chi connectivity index (χ3v) is 4.85. The van der Waals surface area contributed by atoms with E-state index in [4.69, 9.17) is 4.42 Å². The highest BCUT2D eigenvalue weighted by atomic mass is 32.2. The molecular formula is C16H21NO3S. The highest BCUT2D eigenvalue weighted by Crippen LogP contribution is 2.23. The normalized spacial score (nSPS) is 13.2. The first-order valence-corrected chi connectivity index (χ1v) is 8.63. The van der Waals surface area contributed by atoms with Crippen LogP contribution in [0.3, 0.4) is 0 Å². The van der Waals surface area contributed by atoms with E-state index in [1.54, 1.807) is 42.7 Å². The lowest BCUT2D eigenvalue weighted by Crippen LogP contribution is -2.28. The lowest BCUT2D eigenvalue weighted by Gasteiger charge is -2.16. The first-order valence-electron chi connectivity index (χ1n) is 7.15. The molecule has 0 saturated heterocycles. The Labute approximate surface area is 126 Å². The molecular weight excluding hydrogens is 286 g/mol. The van der Waals surface area contributed by atoms with E-state index in [1.165, 1.54) is 0 Å². The van der Waals surface area contributed by atoms with Gasteiger partial charge in [-0.3, -0.25) is 0 Å². The first kappa shape index (κ1) is 15.8. The Morgan fingerprint density at radius 1 is 1.19 bits per heavy atom. The molecule has 0 saturated carbocycles. The number of nitrogens with one attached hydrogen (secondary N) is 1. The molecule has 2 aromatic rings. The van der Waals surface area contributed by atoms with Crippen LogP contribution in [0.1, 0.15) is 43.6 Å². The molecule has 0 aliphatic heterocycles. The van der Waals surface area contributed by atoms with Crippen LogP contribution in [-0.2, 0) is 10.0 Å². The smallest absolute Gasteiger partial charge is 0.241 e. The zero-order valence-corrected chi connectivity index (χ0v) is 13.2. The quantitative estimate of drug-likeness (QED) is 0.846. The SMILES string of the molecule is CCCC[C@@H](NS(=O)(=O)c1ccc(C)cc1)c1ccco1. The summed E-state index contributed by atoms with van der Waals surface area (Å²) in [6, 6.07) is 10.1. The van der Waals surface area contributed by atoms with E-state index in [0.717, 1.165) is 24.8 Å². The van der Waals surface area contributed by atoms with E-state index in [9.17, 15) is 8.42 Å². The van der Waals surface area contributed by atoms with Crippen LogP contribution in [0.4, 0.5) is 0 Å². The average molecular weight is 307 g/mol. The summed E-state index contributed by atoms with van der Waals surface area (Å²) in [6.07, 6.45) is 4.22. The molecule has 0 aliphatic rings. The molecule has 0 aliphatic carbocycles. The maximum atomic E-state index is 12.5. The molecule has 1 N–H and O–H groups in total. The Kier molecular flexibility index (Phi) is 5.20. The Morgan fingerprint density at radius 2 is 1.90 bits per heavy atom. The Bertz CT molecular complexity index is 645. The Balaban J connectivity index is 2.20. The number of hydrogen-bond donors (Lipinski definition) is 1. The largest absolute Gasteiger partial charge is 0.468 e. The third kappa shape index (κ3) is 4.19. The minimum absolute atomic E-state index is 0.279. The van der Waals surface area contributed by atoms with E-state index < -0.39 is 10.0 Å². The summed E-state index contributed by atoms with van der Waals surface area (Å²) < 4.78 is 33.0. The van der Waals surface area contributed by atoms with Crippen LogP contribution < -0.4 is 4.72 Å². The average Bonchev–Trinajstić information content (AvgIpc) is 2.98. The molecule has 0 spiro atoms. The first-order chi connectivity index (χ1) is 10.0. The van der Waals surface area contributed by atoms with Gasteiger partial charge in [-0.2, -0.15) is 0 Å². The molecule has 0 bridgehead atoms. The van der Waals surface area contributed by atoms with Gasteiger partial charge in [0.15, 0.2) is 0 Å². The zero-order valence-electron chi connectivity index (χ0n) is 12.4. The highest BCUT2D eigenvalue weighted by molar-refractivity contribution is 7.89. The molecule has 2 rings (SSSR count). The monoisotopic (exact) mass is 307 g/mol. The van der Waals surface area contributed by atoms with E-state index in [0.29, 0.717) is 5.76 Å². The molecule has 1 aromatic carbocycles. The summed E-state index contributed by atoms with van der Waals surface area (Å²) in [4.78, 5) is 0.279. The molecule has 0 amide bonds. The number of hydrogen-bond acceptors (Lipinski definition) is 3. The van der Waals surface area contributed by atoms with Gasteiger partial charge >= 0.3 is 0 Å². The molecule has 0 fully saturated rings. The van der Waals surface area contributed by atoms with Crippen molar-refractivity contribution in [1.29, 1.82) is 0 Å². The van der Waals surface area contributed by atoms with Gasteiger partial charge in [-0.05, 0) is 37.6 Å². The van der Waals surface area contributed by atoms with Crippen molar-refractivity contribution in [2.75, 3.05) is 0 Å². The minimum Gasteiger partial charge on any atom is -0.468 e. The fourth-order valence-electron chi connectivity index (χ4n) is 2.13. The van der Waals surface area contributed by atoms with Crippen molar-refractivity contribution >= 4 is 10.0 Å². The molecule has 21 heavy (non-hydrogen) atoms. The Hall–Kier alpha value is -1.59. The van der Waals surface area contributed by atoms with Crippen LogP contribution in [0.25, 0.3) is 0 Å². The molecule has 0 unspecified atom stereocenters. The predicted octanol–water partition coefficient (Wildman–Crippen LogP) is 3.80.